The van der Waals surface area contributed by atoms with E-state index in [-0.39, 0.29) is 5.91 Å². The molecule has 3 N–H and O–H groups in total. The second kappa shape index (κ2) is 6.03. The lowest BCUT2D eigenvalue weighted by molar-refractivity contribution is 0.0922. The van der Waals surface area contributed by atoms with Crippen LogP contribution >= 0.6 is 0 Å². The van der Waals surface area contributed by atoms with Gasteiger partial charge in [-0.15, -0.1) is 0 Å². The fourth-order valence-electron chi connectivity index (χ4n) is 1.16. The summed E-state index contributed by atoms with van der Waals surface area (Å²) in [6, 6.07) is 6.88. The maximum Gasteiger partial charge on any atom is 0.251 e. The molecule has 0 bridgehead atoms. The molecule has 0 unspecified atom stereocenters. The van der Waals surface area contributed by atoms with Gasteiger partial charge < -0.3 is 15.8 Å². The number of nitrogens with two attached hydrogens (primary N) is 1. The van der Waals surface area contributed by atoms with E-state index in [0.717, 1.165) is 0 Å². The number of hydrogen-bond donors (Lipinski definition) is 2. The average molecular weight is 208 g/mol. The van der Waals surface area contributed by atoms with Gasteiger partial charge in [-0.3, -0.25) is 4.79 Å². The van der Waals surface area contributed by atoms with Crippen LogP contribution in [0.3, 0.4) is 0 Å². The summed E-state index contributed by atoms with van der Waals surface area (Å²) in [6.45, 7) is 3.62. The number of hydrogen-bond acceptors (Lipinski definition) is 3. The third-order valence-corrected chi connectivity index (χ3v) is 1.88. The van der Waals surface area contributed by atoms with Crippen LogP contribution in [-0.2, 0) is 4.74 Å². The van der Waals surface area contributed by atoms with Gasteiger partial charge in [0.15, 0.2) is 0 Å². The number of ether oxygens (including phenoxy) is 1. The average Bonchev–Trinajstić information content (AvgIpc) is 2.24. The highest BCUT2D eigenvalue weighted by molar-refractivity contribution is 5.94. The van der Waals surface area contributed by atoms with Crippen molar-refractivity contribution in [2.75, 3.05) is 25.5 Å². The maximum atomic E-state index is 11.5. The van der Waals surface area contributed by atoms with Crippen LogP contribution in [0.5, 0.6) is 0 Å². The van der Waals surface area contributed by atoms with Crippen molar-refractivity contribution in [1.29, 1.82) is 0 Å². The number of nitrogens with one attached hydrogen (secondary N) is 1. The van der Waals surface area contributed by atoms with Gasteiger partial charge in [0, 0.05) is 24.4 Å². The Hall–Kier alpha value is -1.55. The van der Waals surface area contributed by atoms with Crippen LogP contribution in [0.4, 0.5) is 5.69 Å². The Kier molecular flexibility index (Phi) is 4.63. The smallest absolute Gasteiger partial charge is 0.251 e. The molecule has 0 aromatic heterocycles. The fourth-order valence-corrected chi connectivity index (χ4v) is 1.16. The molecule has 0 aliphatic carbocycles. The van der Waals surface area contributed by atoms with E-state index in [4.69, 9.17) is 10.5 Å². The summed E-state index contributed by atoms with van der Waals surface area (Å²) < 4.78 is 5.10. The van der Waals surface area contributed by atoms with E-state index in [9.17, 15) is 4.79 Å². The second-order valence-electron chi connectivity index (χ2n) is 3.08. The van der Waals surface area contributed by atoms with Crippen molar-refractivity contribution >= 4 is 11.6 Å². The van der Waals surface area contributed by atoms with Crippen molar-refractivity contribution in [3.8, 4) is 0 Å². The van der Waals surface area contributed by atoms with Crippen LogP contribution < -0.4 is 11.1 Å². The van der Waals surface area contributed by atoms with E-state index in [2.05, 4.69) is 5.32 Å². The second-order valence-corrected chi connectivity index (χ2v) is 3.08. The Balaban J connectivity index is 2.40. The molecule has 1 rings (SSSR count). The molecule has 0 aliphatic heterocycles. The number of carbonyl (C=O) groups is 1. The first-order valence-electron chi connectivity index (χ1n) is 4.95. The summed E-state index contributed by atoms with van der Waals surface area (Å²) in [5.74, 6) is -0.123. The van der Waals surface area contributed by atoms with Crippen molar-refractivity contribution < 1.29 is 9.53 Å². The monoisotopic (exact) mass is 208 g/mol. The van der Waals surface area contributed by atoms with Crippen LogP contribution in [0.1, 0.15) is 17.3 Å². The van der Waals surface area contributed by atoms with Gasteiger partial charge in [0.25, 0.3) is 5.91 Å². The minimum atomic E-state index is -0.123. The van der Waals surface area contributed by atoms with Gasteiger partial charge in [-0.25, -0.2) is 0 Å². The predicted octanol–water partition coefficient (Wildman–Crippen LogP) is 1.04. The molecule has 1 aromatic rings. The summed E-state index contributed by atoms with van der Waals surface area (Å²) in [7, 11) is 0. The van der Waals surface area contributed by atoms with Crippen molar-refractivity contribution in [2.24, 2.45) is 0 Å². The molecule has 0 fully saturated rings. The molecular formula is C11H16N2O2. The number of nitrogen functional groups attached to an aromatic ring is 1. The molecule has 4 nitrogen and oxygen atoms in total. The molecule has 0 aliphatic rings. The van der Waals surface area contributed by atoms with Crippen LogP contribution in [0.25, 0.3) is 0 Å². The number of benzene rings is 1. The highest BCUT2D eigenvalue weighted by atomic mass is 16.5. The van der Waals surface area contributed by atoms with Gasteiger partial charge in [0.1, 0.15) is 0 Å². The van der Waals surface area contributed by atoms with Gasteiger partial charge in [-0.05, 0) is 25.1 Å². The number of amides is 1. The number of rotatable bonds is 5. The minimum absolute atomic E-state index is 0.123. The van der Waals surface area contributed by atoms with Gasteiger partial charge in [-0.2, -0.15) is 0 Å². The minimum Gasteiger partial charge on any atom is -0.399 e. The predicted molar refractivity (Wildman–Crippen MR) is 59.7 cm³/mol. The quantitative estimate of drug-likeness (QED) is 0.561. The third kappa shape index (κ3) is 3.99. The molecule has 0 heterocycles. The molecule has 1 amide bonds. The molecule has 1 aromatic carbocycles. The molecule has 4 heteroatoms. The number of anilines is 1. The summed E-state index contributed by atoms with van der Waals surface area (Å²) in [6.07, 6.45) is 0. The molecule has 15 heavy (non-hydrogen) atoms. The first kappa shape index (κ1) is 11.5. The molecule has 0 saturated heterocycles. The van der Waals surface area contributed by atoms with E-state index in [1.807, 2.05) is 6.92 Å². The SMILES string of the molecule is CCOCCNC(=O)c1cccc(N)c1. The van der Waals surface area contributed by atoms with Crippen molar-refractivity contribution in [2.45, 2.75) is 6.92 Å². The molecule has 82 valence electrons. The van der Waals surface area contributed by atoms with Crippen molar-refractivity contribution in [3.63, 3.8) is 0 Å². The third-order valence-electron chi connectivity index (χ3n) is 1.88. The summed E-state index contributed by atoms with van der Waals surface area (Å²) in [5.41, 5.74) is 6.73. The normalized spacial score (nSPS) is 9.93. The van der Waals surface area contributed by atoms with Crippen molar-refractivity contribution in [3.05, 3.63) is 29.8 Å². The van der Waals surface area contributed by atoms with Gasteiger partial charge in [0.05, 0.1) is 6.61 Å². The largest absolute Gasteiger partial charge is 0.399 e. The first-order valence-corrected chi connectivity index (χ1v) is 4.95. The van der Waals surface area contributed by atoms with E-state index in [1.165, 1.54) is 0 Å². The summed E-state index contributed by atoms with van der Waals surface area (Å²) in [4.78, 5) is 11.5. The van der Waals surface area contributed by atoms with Gasteiger partial charge in [-0.1, -0.05) is 6.07 Å². The lowest BCUT2D eigenvalue weighted by Crippen LogP contribution is -2.27. The van der Waals surface area contributed by atoms with E-state index in [0.29, 0.717) is 31.0 Å². The van der Waals surface area contributed by atoms with Crippen LogP contribution in [0.2, 0.25) is 0 Å². The fraction of sp³-hybridized carbons (Fsp3) is 0.364. The lowest BCUT2D eigenvalue weighted by atomic mass is 10.2. The summed E-state index contributed by atoms with van der Waals surface area (Å²) in [5, 5.41) is 2.74. The molecule has 0 atom stereocenters. The maximum absolute atomic E-state index is 11.5. The molecule has 0 spiro atoms. The summed E-state index contributed by atoms with van der Waals surface area (Å²) >= 11 is 0. The van der Waals surface area contributed by atoms with Gasteiger partial charge in [0.2, 0.25) is 0 Å². The molecule has 0 radical (unpaired) electrons. The van der Waals surface area contributed by atoms with E-state index >= 15 is 0 Å². The Bertz CT molecular complexity index is 326. The Morgan fingerprint density at radius 2 is 2.33 bits per heavy atom. The number of carbonyl (C=O) groups excluding carboxylic acids is 1. The molecular weight excluding hydrogens is 192 g/mol. The first-order chi connectivity index (χ1) is 7.24. The Morgan fingerprint density at radius 1 is 1.53 bits per heavy atom. The standard InChI is InChI=1S/C11H16N2O2/c1-2-15-7-6-13-11(14)9-4-3-5-10(12)8-9/h3-5,8H,2,6-7,12H2,1H3,(H,13,14). The molecule has 0 saturated carbocycles. The van der Waals surface area contributed by atoms with Crippen LogP contribution in [0.15, 0.2) is 24.3 Å². The van der Waals surface area contributed by atoms with Crippen molar-refractivity contribution in [1.82, 2.24) is 5.32 Å². The van der Waals surface area contributed by atoms with E-state index in [1.54, 1.807) is 24.3 Å². The lowest BCUT2D eigenvalue weighted by Gasteiger charge is -2.05. The topological polar surface area (TPSA) is 64.3 Å². The van der Waals surface area contributed by atoms with Crippen LogP contribution in [-0.4, -0.2) is 25.7 Å². The van der Waals surface area contributed by atoms with Crippen LogP contribution in [0, 0.1) is 0 Å². The highest BCUT2D eigenvalue weighted by Crippen LogP contribution is 2.05. The van der Waals surface area contributed by atoms with Gasteiger partial charge >= 0.3 is 0 Å². The van der Waals surface area contributed by atoms with E-state index < -0.39 is 0 Å². The zero-order valence-electron chi connectivity index (χ0n) is 8.82. The Morgan fingerprint density at radius 3 is 3.00 bits per heavy atom. The zero-order valence-corrected chi connectivity index (χ0v) is 8.82. The highest BCUT2D eigenvalue weighted by Gasteiger charge is 2.03. The zero-order chi connectivity index (χ0) is 11.1. The Labute approximate surface area is 89.4 Å².